The summed E-state index contributed by atoms with van der Waals surface area (Å²) in [6, 6.07) is 7.92. The third-order valence-electron chi connectivity index (χ3n) is 7.68. The Labute approximate surface area is 244 Å². The number of hydrogen-bond donors (Lipinski definition) is 3. The number of amides is 1. The summed E-state index contributed by atoms with van der Waals surface area (Å²) in [4.78, 5) is 30.6. The number of nitrogens with zero attached hydrogens (tertiary/aromatic N) is 6. The van der Waals surface area contributed by atoms with Gasteiger partial charge in [0.15, 0.2) is 5.03 Å². The van der Waals surface area contributed by atoms with E-state index in [1.54, 1.807) is 24.0 Å². The molecule has 0 spiro atoms. The normalized spacial score (nSPS) is 15.9. The van der Waals surface area contributed by atoms with Gasteiger partial charge in [-0.2, -0.15) is 9.29 Å². The quantitative estimate of drug-likeness (QED) is 0.316. The van der Waals surface area contributed by atoms with Crippen LogP contribution in [-0.4, -0.2) is 56.2 Å². The lowest BCUT2D eigenvalue weighted by atomic mass is 9.94. The molecule has 0 saturated carbocycles. The fourth-order valence-electron chi connectivity index (χ4n) is 5.34. The molecule has 1 amide bonds. The van der Waals surface area contributed by atoms with Gasteiger partial charge in [-0.3, -0.25) is 9.78 Å². The fourth-order valence-corrected chi connectivity index (χ4v) is 6.77. The van der Waals surface area contributed by atoms with Crippen LogP contribution < -0.4 is 16.0 Å². The molecule has 3 aromatic heterocycles. The summed E-state index contributed by atoms with van der Waals surface area (Å²) in [5.74, 6) is 1.19. The van der Waals surface area contributed by atoms with Crippen molar-refractivity contribution < 1.29 is 13.2 Å². The van der Waals surface area contributed by atoms with E-state index in [9.17, 15) is 13.2 Å². The predicted octanol–water partition coefficient (Wildman–Crippen LogP) is 3.93. The standard InChI is InChI=1S/C29H33N9O3S/c1-19-14-31-29-34-24-11-21(15-30-16-24)3-4-22-13-23(33-28(19)36-29)5-6-25(22)35-26(39)12-20-7-9-38(10-8-20)42(40,41)27-17-37(2)18-32-27/h5-6,11,13-18,20H,3-4,7-10,12H2,1-2H3,(H,35,39)(H2,31,33,34,36). The zero-order valence-electron chi connectivity index (χ0n) is 23.5. The van der Waals surface area contributed by atoms with Crippen LogP contribution in [0.1, 0.15) is 36.0 Å². The van der Waals surface area contributed by atoms with E-state index in [4.69, 9.17) is 0 Å². The van der Waals surface area contributed by atoms with Crippen LogP contribution in [0.5, 0.6) is 0 Å². The van der Waals surface area contributed by atoms with Crippen LogP contribution in [0, 0.1) is 12.8 Å². The number of nitrogens with one attached hydrogen (secondary N) is 3. The molecule has 6 bridgehead atoms. The number of rotatable bonds is 5. The summed E-state index contributed by atoms with van der Waals surface area (Å²) in [5, 5.41) is 9.81. The number of piperidine rings is 1. The molecule has 1 aromatic carbocycles. The molecule has 6 rings (SSSR count). The molecule has 12 nitrogen and oxygen atoms in total. The molecule has 218 valence electrons. The lowest BCUT2D eigenvalue weighted by Gasteiger charge is -2.30. The maximum atomic E-state index is 13.2. The first-order chi connectivity index (χ1) is 20.2. The van der Waals surface area contributed by atoms with Gasteiger partial charge in [0.1, 0.15) is 5.82 Å². The molecule has 13 heteroatoms. The number of carbonyl (C=O) groups excluding carboxylic acids is 1. The molecule has 42 heavy (non-hydrogen) atoms. The van der Waals surface area contributed by atoms with Gasteiger partial charge in [0.2, 0.25) is 11.9 Å². The predicted molar refractivity (Wildman–Crippen MR) is 159 cm³/mol. The van der Waals surface area contributed by atoms with E-state index in [2.05, 4.69) is 35.9 Å². The van der Waals surface area contributed by atoms with Crippen molar-refractivity contribution >= 4 is 44.8 Å². The molecule has 0 unspecified atom stereocenters. The number of aryl methyl sites for hydroxylation is 4. The smallest absolute Gasteiger partial charge is 0.262 e. The summed E-state index contributed by atoms with van der Waals surface area (Å²) in [6.45, 7) is 2.68. The minimum atomic E-state index is -3.63. The highest BCUT2D eigenvalue weighted by Crippen LogP contribution is 2.29. The van der Waals surface area contributed by atoms with E-state index in [0.29, 0.717) is 50.5 Å². The molecule has 1 saturated heterocycles. The molecule has 2 aliphatic rings. The van der Waals surface area contributed by atoms with Crippen molar-refractivity contribution in [3.63, 3.8) is 0 Å². The maximum Gasteiger partial charge on any atom is 0.262 e. The highest BCUT2D eigenvalue weighted by atomic mass is 32.2. The zero-order valence-corrected chi connectivity index (χ0v) is 24.4. The number of hydrogen-bond acceptors (Lipinski definition) is 9. The van der Waals surface area contributed by atoms with Crippen LogP contribution in [-0.2, 0) is 34.7 Å². The second-order valence-electron chi connectivity index (χ2n) is 10.9. The Morgan fingerprint density at radius 2 is 1.88 bits per heavy atom. The second kappa shape index (κ2) is 11.5. The van der Waals surface area contributed by atoms with Crippen LogP contribution >= 0.6 is 0 Å². The summed E-state index contributed by atoms with van der Waals surface area (Å²) < 4.78 is 28.9. The summed E-state index contributed by atoms with van der Waals surface area (Å²) in [5.41, 5.74) is 5.38. The number of imidazole rings is 1. The van der Waals surface area contributed by atoms with Crippen molar-refractivity contribution in [2.45, 2.75) is 44.1 Å². The first kappa shape index (κ1) is 27.8. The highest BCUT2D eigenvalue weighted by Gasteiger charge is 2.31. The number of carbonyl (C=O) groups is 1. The van der Waals surface area contributed by atoms with E-state index >= 15 is 0 Å². The minimum Gasteiger partial charge on any atom is -0.340 e. The number of pyridine rings is 1. The van der Waals surface area contributed by atoms with E-state index in [1.807, 2.05) is 37.4 Å². The SMILES string of the molecule is Cc1cnc2nc1Nc1ccc(NC(=O)CC3CCN(S(=O)(=O)c4cn(C)cn4)CC3)c(c1)CCc1cncc(c1)N2. The van der Waals surface area contributed by atoms with E-state index in [-0.39, 0.29) is 16.9 Å². The summed E-state index contributed by atoms with van der Waals surface area (Å²) >= 11 is 0. The van der Waals surface area contributed by atoms with E-state index in [0.717, 1.165) is 40.2 Å². The Morgan fingerprint density at radius 3 is 2.67 bits per heavy atom. The molecule has 0 atom stereocenters. The molecule has 4 aromatic rings. The summed E-state index contributed by atoms with van der Waals surface area (Å²) in [6.07, 6.45) is 11.3. The molecule has 0 aliphatic carbocycles. The Morgan fingerprint density at radius 1 is 1.05 bits per heavy atom. The number of sulfonamides is 1. The third kappa shape index (κ3) is 6.11. The van der Waals surface area contributed by atoms with Crippen molar-refractivity contribution in [3.8, 4) is 0 Å². The van der Waals surface area contributed by atoms with Crippen LogP contribution in [0.2, 0.25) is 0 Å². The van der Waals surface area contributed by atoms with Crippen molar-refractivity contribution in [1.29, 1.82) is 0 Å². The molecule has 2 aliphatic heterocycles. The maximum absolute atomic E-state index is 13.2. The number of aromatic nitrogens is 5. The Hall–Kier alpha value is -4.36. The van der Waals surface area contributed by atoms with E-state index in [1.165, 1.54) is 16.8 Å². The van der Waals surface area contributed by atoms with Crippen molar-refractivity contribution in [1.82, 2.24) is 28.8 Å². The van der Waals surface area contributed by atoms with Gasteiger partial charge in [-0.05, 0) is 73.9 Å². The monoisotopic (exact) mass is 587 g/mol. The van der Waals surface area contributed by atoms with Crippen molar-refractivity contribution in [2.24, 2.45) is 13.0 Å². The number of benzene rings is 1. The van der Waals surface area contributed by atoms with Crippen LogP contribution in [0.15, 0.2) is 60.4 Å². The number of fused-ring (bicyclic) bond motifs is 6. The lowest BCUT2D eigenvalue weighted by Crippen LogP contribution is -2.39. The van der Waals surface area contributed by atoms with Gasteiger partial charge in [-0.25, -0.2) is 18.4 Å². The van der Waals surface area contributed by atoms with Gasteiger partial charge in [0.25, 0.3) is 10.0 Å². The molecular formula is C29H33N9O3S. The molecule has 1 fully saturated rings. The van der Waals surface area contributed by atoms with Gasteiger partial charge in [0, 0.05) is 62.1 Å². The molecule has 5 heterocycles. The van der Waals surface area contributed by atoms with Crippen molar-refractivity contribution in [3.05, 3.63) is 72.1 Å². The topological polar surface area (TPSA) is 147 Å². The Bertz CT molecular complexity index is 1730. The van der Waals surface area contributed by atoms with Crippen LogP contribution in [0.3, 0.4) is 0 Å². The Kier molecular flexibility index (Phi) is 7.60. The van der Waals surface area contributed by atoms with Crippen LogP contribution in [0.25, 0.3) is 0 Å². The zero-order chi connectivity index (χ0) is 29.3. The fraction of sp³-hybridized carbons (Fsp3) is 0.345. The molecule has 3 N–H and O–H groups in total. The molecule has 0 radical (unpaired) electrons. The van der Waals surface area contributed by atoms with Gasteiger partial charge in [-0.1, -0.05) is 0 Å². The van der Waals surface area contributed by atoms with Crippen molar-refractivity contribution in [2.75, 3.05) is 29.0 Å². The Balaban J connectivity index is 1.15. The average Bonchev–Trinajstić information content (AvgIpc) is 3.42. The first-order valence-electron chi connectivity index (χ1n) is 14.0. The van der Waals surface area contributed by atoms with Gasteiger partial charge in [0.05, 0.1) is 18.2 Å². The average molecular weight is 588 g/mol. The van der Waals surface area contributed by atoms with Crippen LogP contribution in [0.4, 0.5) is 28.8 Å². The van der Waals surface area contributed by atoms with E-state index < -0.39 is 10.0 Å². The van der Waals surface area contributed by atoms with Gasteiger partial charge in [-0.15, -0.1) is 0 Å². The highest BCUT2D eigenvalue weighted by molar-refractivity contribution is 7.89. The molecular weight excluding hydrogens is 554 g/mol. The largest absolute Gasteiger partial charge is 0.340 e. The number of anilines is 5. The third-order valence-corrected chi connectivity index (χ3v) is 9.47. The second-order valence-corrected chi connectivity index (χ2v) is 12.8. The van der Waals surface area contributed by atoms with Gasteiger partial charge >= 0.3 is 0 Å². The van der Waals surface area contributed by atoms with Gasteiger partial charge < -0.3 is 20.5 Å². The minimum absolute atomic E-state index is 0.0577. The lowest BCUT2D eigenvalue weighted by molar-refractivity contribution is -0.117. The first-order valence-corrected chi connectivity index (χ1v) is 15.4. The summed E-state index contributed by atoms with van der Waals surface area (Å²) in [7, 11) is -1.89.